The Bertz CT molecular complexity index is 952. The highest BCUT2D eigenvalue weighted by molar-refractivity contribution is 5.86. The molecule has 1 unspecified atom stereocenters. The average molecular weight is 437 g/mol. The molecule has 2 aromatic carbocycles. The predicted molar refractivity (Wildman–Crippen MR) is 117 cm³/mol. The number of fused-ring (bicyclic) bond motifs is 3. The number of ether oxygens (including phenoxy) is 2. The Balaban J connectivity index is 1.39. The van der Waals surface area contributed by atoms with Gasteiger partial charge in [0.25, 0.3) is 0 Å². The van der Waals surface area contributed by atoms with Gasteiger partial charge in [-0.3, -0.25) is 4.79 Å². The third kappa shape index (κ3) is 4.93. The van der Waals surface area contributed by atoms with Gasteiger partial charge in [-0.1, -0.05) is 55.0 Å². The molecule has 1 atom stereocenters. The third-order valence-electron chi connectivity index (χ3n) is 6.13. The number of hydrogen-bond acceptors (Lipinski definition) is 5. The molecule has 168 valence electrons. The van der Waals surface area contributed by atoms with Crippen LogP contribution in [0.2, 0.25) is 0 Å². The second-order valence-electron chi connectivity index (χ2n) is 8.32. The van der Waals surface area contributed by atoms with Gasteiger partial charge >= 0.3 is 18.0 Å². The van der Waals surface area contributed by atoms with Crippen LogP contribution in [0.3, 0.4) is 0 Å². The van der Waals surface area contributed by atoms with Gasteiger partial charge < -0.3 is 19.9 Å². The molecule has 32 heavy (non-hydrogen) atoms. The second kappa shape index (κ2) is 9.85. The maximum atomic E-state index is 12.5. The summed E-state index contributed by atoms with van der Waals surface area (Å²) in [7, 11) is 0. The van der Waals surface area contributed by atoms with Crippen LogP contribution in [0.25, 0.3) is 11.1 Å². The molecule has 2 aromatic rings. The number of esters is 1. The van der Waals surface area contributed by atoms with E-state index in [2.05, 4.69) is 5.32 Å². The standard InChI is InChI=1S/C25H27NO6/c27-23(28)14-22(24(29)32-16-8-2-1-3-9-16)26-25(30)31-15-21-19-12-6-4-10-17(19)18-11-5-7-13-20(18)21/h4-7,10-13,16,21-22H,1-3,8-9,14-15H2,(H,26,30)(H,27,28). The number of carboxylic acids is 1. The smallest absolute Gasteiger partial charge is 0.407 e. The summed E-state index contributed by atoms with van der Waals surface area (Å²) in [6.45, 7) is 0.0807. The lowest BCUT2D eigenvalue weighted by atomic mass is 9.98. The number of carbonyl (C=O) groups excluding carboxylic acids is 2. The minimum absolute atomic E-state index is 0.0807. The Labute approximate surface area is 186 Å². The molecule has 2 N–H and O–H groups in total. The van der Waals surface area contributed by atoms with Gasteiger partial charge in [0.05, 0.1) is 6.42 Å². The van der Waals surface area contributed by atoms with Gasteiger partial charge in [-0.2, -0.15) is 0 Å². The molecule has 0 radical (unpaired) electrons. The maximum absolute atomic E-state index is 12.5. The van der Waals surface area contributed by atoms with E-state index in [-0.39, 0.29) is 18.6 Å². The van der Waals surface area contributed by atoms with Crippen LogP contribution in [0.4, 0.5) is 4.79 Å². The van der Waals surface area contributed by atoms with Gasteiger partial charge in [0.1, 0.15) is 18.8 Å². The van der Waals surface area contributed by atoms with E-state index in [4.69, 9.17) is 9.47 Å². The van der Waals surface area contributed by atoms with E-state index in [1.807, 2.05) is 48.5 Å². The first-order chi connectivity index (χ1) is 15.5. The average Bonchev–Trinajstić information content (AvgIpc) is 3.11. The van der Waals surface area contributed by atoms with Crippen LogP contribution in [-0.4, -0.2) is 41.9 Å². The lowest BCUT2D eigenvalue weighted by Crippen LogP contribution is -2.45. The Morgan fingerprint density at radius 2 is 1.53 bits per heavy atom. The molecule has 2 aliphatic rings. The van der Waals surface area contributed by atoms with Gasteiger partial charge in [0.2, 0.25) is 0 Å². The molecular formula is C25H27NO6. The van der Waals surface area contributed by atoms with E-state index in [9.17, 15) is 19.5 Å². The number of aliphatic carboxylic acids is 1. The molecule has 1 saturated carbocycles. The Hall–Kier alpha value is -3.35. The third-order valence-corrected chi connectivity index (χ3v) is 6.13. The number of carbonyl (C=O) groups is 3. The molecule has 2 aliphatic carbocycles. The van der Waals surface area contributed by atoms with E-state index in [0.717, 1.165) is 54.4 Å². The van der Waals surface area contributed by atoms with Crippen molar-refractivity contribution in [2.24, 2.45) is 0 Å². The Kier molecular flexibility index (Phi) is 6.73. The molecular weight excluding hydrogens is 410 g/mol. The van der Waals surface area contributed by atoms with Crippen molar-refractivity contribution in [2.75, 3.05) is 6.61 Å². The minimum atomic E-state index is -1.29. The fraction of sp³-hybridized carbons (Fsp3) is 0.400. The maximum Gasteiger partial charge on any atom is 0.407 e. The van der Waals surface area contributed by atoms with E-state index >= 15 is 0 Å². The van der Waals surface area contributed by atoms with Crippen LogP contribution in [0.5, 0.6) is 0 Å². The molecule has 0 saturated heterocycles. The predicted octanol–water partition coefficient (Wildman–Crippen LogP) is 4.24. The summed E-state index contributed by atoms with van der Waals surface area (Å²) >= 11 is 0. The first-order valence-electron chi connectivity index (χ1n) is 11.1. The summed E-state index contributed by atoms with van der Waals surface area (Å²) in [4.78, 5) is 36.2. The Morgan fingerprint density at radius 1 is 0.938 bits per heavy atom. The van der Waals surface area contributed by atoms with Crippen molar-refractivity contribution in [3.63, 3.8) is 0 Å². The lowest BCUT2D eigenvalue weighted by molar-refractivity contribution is -0.156. The molecule has 7 heteroatoms. The summed E-state index contributed by atoms with van der Waals surface area (Å²) in [5.41, 5.74) is 4.36. The normalized spacial score (nSPS) is 16.5. The van der Waals surface area contributed by atoms with Crippen LogP contribution in [0, 0.1) is 0 Å². The zero-order chi connectivity index (χ0) is 22.5. The monoisotopic (exact) mass is 437 g/mol. The van der Waals surface area contributed by atoms with Crippen molar-refractivity contribution in [2.45, 2.75) is 56.6 Å². The number of rotatable bonds is 7. The van der Waals surface area contributed by atoms with Crippen LogP contribution in [0.15, 0.2) is 48.5 Å². The number of nitrogens with one attached hydrogen (secondary N) is 1. The van der Waals surface area contributed by atoms with Crippen molar-refractivity contribution < 1.29 is 29.0 Å². The number of hydrogen-bond donors (Lipinski definition) is 2. The molecule has 1 amide bonds. The zero-order valence-corrected chi connectivity index (χ0v) is 17.8. The van der Waals surface area contributed by atoms with Gasteiger partial charge in [-0.05, 0) is 47.9 Å². The van der Waals surface area contributed by atoms with Crippen molar-refractivity contribution in [1.29, 1.82) is 0 Å². The highest BCUT2D eigenvalue weighted by Gasteiger charge is 2.31. The highest BCUT2D eigenvalue weighted by atomic mass is 16.6. The lowest BCUT2D eigenvalue weighted by Gasteiger charge is -2.24. The van der Waals surface area contributed by atoms with Crippen molar-refractivity contribution >= 4 is 18.0 Å². The van der Waals surface area contributed by atoms with Crippen LogP contribution < -0.4 is 5.32 Å². The van der Waals surface area contributed by atoms with E-state index in [1.54, 1.807) is 0 Å². The fourth-order valence-electron chi connectivity index (χ4n) is 4.58. The number of benzene rings is 2. The molecule has 0 aromatic heterocycles. The number of amides is 1. The van der Waals surface area contributed by atoms with Crippen molar-refractivity contribution in [1.82, 2.24) is 5.32 Å². The molecule has 0 bridgehead atoms. The molecule has 0 heterocycles. The molecule has 4 rings (SSSR count). The summed E-state index contributed by atoms with van der Waals surface area (Å²) in [6, 6.07) is 14.7. The zero-order valence-electron chi connectivity index (χ0n) is 17.8. The first-order valence-corrected chi connectivity index (χ1v) is 11.1. The minimum Gasteiger partial charge on any atom is -0.481 e. The summed E-state index contributed by atoms with van der Waals surface area (Å²) in [6.07, 6.45) is 2.95. The molecule has 1 fully saturated rings. The van der Waals surface area contributed by atoms with E-state index in [0.29, 0.717) is 0 Å². The molecule has 0 spiro atoms. The Morgan fingerprint density at radius 3 is 2.12 bits per heavy atom. The first kappa shape index (κ1) is 21.9. The van der Waals surface area contributed by atoms with Crippen LogP contribution >= 0.6 is 0 Å². The number of carboxylic acid groups (broad SMARTS) is 1. The second-order valence-corrected chi connectivity index (χ2v) is 8.32. The number of alkyl carbamates (subject to hydrolysis) is 1. The van der Waals surface area contributed by atoms with Gasteiger partial charge in [0, 0.05) is 5.92 Å². The summed E-state index contributed by atoms with van der Waals surface area (Å²) in [5, 5.41) is 11.6. The summed E-state index contributed by atoms with van der Waals surface area (Å²) in [5.74, 6) is -2.05. The van der Waals surface area contributed by atoms with Gasteiger partial charge in [-0.25, -0.2) is 9.59 Å². The van der Waals surface area contributed by atoms with Crippen LogP contribution in [0.1, 0.15) is 55.6 Å². The quantitative estimate of drug-likeness (QED) is 0.628. The highest BCUT2D eigenvalue weighted by Crippen LogP contribution is 2.44. The van der Waals surface area contributed by atoms with Crippen LogP contribution in [-0.2, 0) is 19.1 Å². The van der Waals surface area contributed by atoms with Crippen molar-refractivity contribution in [3.05, 3.63) is 59.7 Å². The topological polar surface area (TPSA) is 102 Å². The van der Waals surface area contributed by atoms with Gasteiger partial charge in [0.15, 0.2) is 0 Å². The van der Waals surface area contributed by atoms with Crippen molar-refractivity contribution in [3.8, 4) is 11.1 Å². The SMILES string of the molecule is O=C(O)CC(NC(=O)OCC1c2ccccc2-c2ccccc21)C(=O)OC1CCCCC1. The molecule has 0 aliphatic heterocycles. The fourth-order valence-corrected chi connectivity index (χ4v) is 4.58. The van der Waals surface area contributed by atoms with E-state index in [1.165, 1.54) is 0 Å². The molecule has 7 nitrogen and oxygen atoms in total. The van der Waals surface area contributed by atoms with E-state index < -0.39 is 30.5 Å². The van der Waals surface area contributed by atoms with Gasteiger partial charge in [-0.15, -0.1) is 0 Å². The largest absolute Gasteiger partial charge is 0.481 e. The summed E-state index contributed by atoms with van der Waals surface area (Å²) < 4.78 is 10.9.